The quantitative estimate of drug-likeness (QED) is 0.442. The minimum Gasteiger partial charge on any atom is -0.298 e. The van der Waals surface area contributed by atoms with Crippen LogP contribution < -0.4 is 0 Å². The molecular formula is C22H14O2S. The molecule has 0 spiro atoms. The molecule has 0 amide bonds. The number of fused-ring (bicyclic) bond motifs is 2. The molecule has 0 bridgehead atoms. The summed E-state index contributed by atoms with van der Waals surface area (Å²) in [7, 11) is 0. The van der Waals surface area contributed by atoms with Crippen molar-refractivity contribution >= 4 is 45.9 Å². The second-order valence-corrected chi connectivity index (χ2v) is 6.79. The number of hydrogen-bond donors (Lipinski definition) is 0. The molecule has 3 heteroatoms. The van der Waals surface area contributed by atoms with Gasteiger partial charge in [0.05, 0.1) is 0 Å². The Bertz CT molecular complexity index is 1120. The van der Waals surface area contributed by atoms with Crippen molar-refractivity contribution in [1.82, 2.24) is 0 Å². The van der Waals surface area contributed by atoms with Crippen molar-refractivity contribution in [3.8, 4) is 0 Å². The second kappa shape index (κ2) is 6.54. The molecular weight excluding hydrogens is 328 g/mol. The van der Waals surface area contributed by atoms with Crippen LogP contribution in [0, 0.1) is 0 Å². The molecule has 4 rings (SSSR count). The first-order valence-corrected chi connectivity index (χ1v) is 8.75. The topological polar surface area (TPSA) is 34.1 Å². The predicted octanol–water partition coefficient (Wildman–Crippen LogP) is 5.77. The van der Waals surface area contributed by atoms with Crippen LogP contribution >= 0.6 is 11.8 Å². The summed E-state index contributed by atoms with van der Waals surface area (Å²) in [6.07, 6.45) is 1.78. The molecule has 0 saturated heterocycles. The fraction of sp³-hybridized carbons (Fsp3) is 0. The van der Waals surface area contributed by atoms with Gasteiger partial charge in [0.1, 0.15) is 0 Å². The summed E-state index contributed by atoms with van der Waals surface area (Å²) in [5.41, 5.74) is 1.35. The Morgan fingerprint density at radius 3 is 2.00 bits per heavy atom. The standard InChI is InChI=1S/C22H14O2S/c23-13-16-11-12-21(20-8-4-3-6-18(16)20)25-22-17(14-24)10-9-15-5-1-2-7-19(15)22/h1-14H. The molecule has 0 aliphatic carbocycles. The van der Waals surface area contributed by atoms with Crippen molar-refractivity contribution in [2.75, 3.05) is 0 Å². The summed E-state index contributed by atoms with van der Waals surface area (Å²) in [6.45, 7) is 0. The average Bonchev–Trinajstić information content (AvgIpc) is 2.68. The summed E-state index contributed by atoms with van der Waals surface area (Å²) < 4.78 is 0. The minimum absolute atomic E-state index is 0.673. The van der Waals surface area contributed by atoms with Crippen LogP contribution in [0.1, 0.15) is 20.7 Å². The molecule has 0 aliphatic heterocycles. The number of carbonyl (C=O) groups is 2. The Balaban J connectivity index is 1.95. The van der Waals surface area contributed by atoms with E-state index in [0.29, 0.717) is 11.1 Å². The molecule has 25 heavy (non-hydrogen) atoms. The van der Waals surface area contributed by atoms with Crippen LogP contribution in [0.15, 0.2) is 82.6 Å². The maximum absolute atomic E-state index is 11.6. The molecule has 0 aromatic heterocycles. The van der Waals surface area contributed by atoms with Crippen LogP contribution in [0.5, 0.6) is 0 Å². The van der Waals surface area contributed by atoms with Crippen molar-refractivity contribution in [2.45, 2.75) is 9.79 Å². The summed E-state index contributed by atoms with van der Waals surface area (Å²) >= 11 is 1.57. The van der Waals surface area contributed by atoms with Crippen molar-refractivity contribution in [3.05, 3.63) is 83.9 Å². The monoisotopic (exact) mass is 342 g/mol. The van der Waals surface area contributed by atoms with Crippen molar-refractivity contribution in [1.29, 1.82) is 0 Å². The molecule has 0 saturated carbocycles. The molecule has 0 fully saturated rings. The van der Waals surface area contributed by atoms with Crippen molar-refractivity contribution in [2.24, 2.45) is 0 Å². The van der Waals surface area contributed by atoms with E-state index in [1.807, 2.05) is 72.8 Å². The Kier molecular flexibility index (Phi) is 4.08. The highest BCUT2D eigenvalue weighted by atomic mass is 32.2. The van der Waals surface area contributed by atoms with Gasteiger partial charge in [-0.1, -0.05) is 66.4 Å². The van der Waals surface area contributed by atoms with Gasteiger partial charge in [0.2, 0.25) is 0 Å². The third-order valence-corrected chi connectivity index (χ3v) is 5.53. The van der Waals surface area contributed by atoms with Crippen LogP contribution in [0.3, 0.4) is 0 Å². The molecule has 0 unspecified atom stereocenters. The van der Waals surface area contributed by atoms with Gasteiger partial charge in [0.15, 0.2) is 12.6 Å². The zero-order valence-electron chi connectivity index (χ0n) is 13.3. The molecule has 0 N–H and O–H groups in total. The maximum atomic E-state index is 11.6. The van der Waals surface area contributed by atoms with E-state index in [0.717, 1.165) is 43.9 Å². The van der Waals surface area contributed by atoms with Gasteiger partial charge in [-0.25, -0.2) is 0 Å². The smallest absolute Gasteiger partial charge is 0.151 e. The lowest BCUT2D eigenvalue weighted by atomic mass is 10.1. The molecule has 0 aliphatic rings. The number of carbonyl (C=O) groups excluding carboxylic acids is 2. The van der Waals surface area contributed by atoms with Gasteiger partial charge < -0.3 is 0 Å². The highest BCUT2D eigenvalue weighted by Gasteiger charge is 2.12. The SMILES string of the molecule is O=Cc1ccc2ccccc2c1Sc1ccc(C=O)c2ccccc12. The fourth-order valence-electron chi connectivity index (χ4n) is 3.06. The Labute approximate surface area is 149 Å². The fourth-order valence-corrected chi connectivity index (χ4v) is 4.24. The summed E-state index contributed by atoms with van der Waals surface area (Å²) in [4.78, 5) is 24.8. The molecule has 0 atom stereocenters. The Morgan fingerprint density at radius 1 is 0.600 bits per heavy atom. The predicted molar refractivity (Wildman–Crippen MR) is 103 cm³/mol. The van der Waals surface area contributed by atoms with Crippen LogP contribution in [-0.2, 0) is 0 Å². The summed E-state index contributed by atoms with van der Waals surface area (Å²) in [5, 5.41) is 4.10. The van der Waals surface area contributed by atoms with E-state index in [-0.39, 0.29) is 0 Å². The Morgan fingerprint density at radius 2 is 1.24 bits per heavy atom. The van der Waals surface area contributed by atoms with Gasteiger partial charge in [0.25, 0.3) is 0 Å². The minimum atomic E-state index is 0.673. The number of aldehydes is 2. The normalized spacial score (nSPS) is 10.9. The highest BCUT2D eigenvalue weighted by Crippen LogP contribution is 2.39. The molecule has 4 aromatic carbocycles. The zero-order valence-corrected chi connectivity index (χ0v) is 14.1. The number of rotatable bonds is 4. The van der Waals surface area contributed by atoms with Crippen molar-refractivity contribution in [3.63, 3.8) is 0 Å². The third-order valence-electron chi connectivity index (χ3n) is 4.29. The first-order chi connectivity index (χ1) is 12.3. The first kappa shape index (κ1) is 15.6. The van der Waals surface area contributed by atoms with Crippen LogP contribution in [0.4, 0.5) is 0 Å². The molecule has 120 valence electrons. The van der Waals surface area contributed by atoms with Crippen LogP contribution in [0.2, 0.25) is 0 Å². The maximum Gasteiger partial charge on any atom is 0.151 e. The van der Waals surface area contributed by atoms with Gasteiger partial charge in [-0.15, -0.1) is 0 Å². The average molecular weight is 342 g/mol. The van der Waals surface area contributed by atoms with Gasteiger partial charge in [0, 0.05) is 20.9 Å². The van der Waals surface area contributed by atoms with E-state index >= 15 is 0 Å². The van der Waals surface area contributed by atoms with Gasteiger partial charge in [-0.3, -0.25) is 9.59 Å². The van der Waals surface area contributed by atoms with Gasteiger partial charge in [-0.2, -0.15) is 0 Å². The molecule has 0 radical (unpaired) electrons. The highest BCUT2D eigenvalue weighted by molar-refractivity contribution is 7.99. The lowest BCUT2D eigenvalue weighted by molar-refractivity contribution is 0.111. The van der Waals surface area contributed by atoms with E-state index in [2.05, 4.69) is 0 Å². The van der Waals surface area contributed by atoms with Crippen LogP contribution in [-0.4, -0.2) is 12.6 Å². The lowest BCUT2D eigenvalue weighted by Gasteiger charge is -2.12. The van der Waals surface area contributed by atoms with E-state index in [1.165, 1.54) is 0 Å². The molecule has 0 heterocycles. The number of benzene rings is 4. The first-order valence-electron chi connectivity index (χ1n) is 7.93. The summed E-state index contributed by atoms with van der Waals surface area (Å²) in [6, 6.07) is 23.5. The number of hydrogen-bond acceptors (Lipinski definition) is 3. The molecule has 2 nitrogen and oxygen atoms in total. The van der Waals surface area contributed by atoms with E-state index in [9.17, 15) is 9.59 Å². The molecule has 4 aromatic rings. The second-order valence-electron chi connectivity index (χ2n) is 5.74. The largest absolute Gasteiger partial charge is 0.298 e. The van der Waals surface area contributed by atoms with Gasteiger partial charge >= 0.3 is 0 Å². The van der Waals surface area contributed by atoms with E-state index < -0.39 is 0 Å². The van der Waals surface area contributed by atoms with E-state index in [1.54, 1.807) is 11.8 Å². The summed E-state index contributed by atoms with van der Waals surface area (Å²) in [5.74, 6) is 0. The van der Waals surface area contributed by atoms with Gasteiger partial charge in [-0.05, 0) is 39.7 Å². The zero-order chi connectivity index (χ0) is 17.2. The van der Waals surface area contributed by atoms with E-state index in [4.69, 9.17) is 0 Å². The van der Waals surface area contributed by atoms with Crippen molar-refractivity contribution < 1.29 is 9.59 Å². The Hall–Kier alpha value is -2.91. The van der Waals surface area contributed by atoms with Crippen LogP contribution in [0.25, 0.3) is 21.5 Å². The lowest BCUT2D eigenvalue weighted by Crippen LogP contribution is -1.90. The third kappa shape index (κ3) is 2.73.